The smallest absolute Gasteiger partial charge is 0.256 e. The first-order chi connectivity index (χ1) is 13.7. The number of amides is 1. The van der Waals surface area contributed by atoms with Crippen LogP contribution in [0.4, 0.5) is 5.69 Å². The number of rotatable bonds is 7. The zero-order chi connectivity index (χ0) is 19.3. The average Bonchev–Trinajstić information content (AvgIpc) is 3.08. The van der Waals surface area contributed by atoms with Gasteiger partial charge in [0.25, 0.3) is 5.91 Å². The molecule has 1 aromatic heterocycles. The second-order valence-electron chi connectivity index (χ2n) is 6.87. The van der Waals surface area contributed by atoms with Crippen LogP contribution in [0.1, 0.15) is 27.0 Å². The summed E-state index contributed by atoms with van der Waals surface area (Å²) in [7, 11) is 1.66. The first kappa shape index (κ1) is 18.0. The molecule has 0 saturated heterocycles. The lowest BCUT2D eigenvalue weighted by molar-refractivity contribution is 0.0781. The summed E-state index contributed by atoms with van der Waals surface area (Å²) in [5, 5.41) is 3.41. The van der Waals surface area contributed by atoms with Gasteiger partial charge in [-0.1, -0.05) is 24.3 Å². The quantitative estimate of drug-likeness (QED) is 0.682. The van der Waals surface area contributed by atoms with Gasteiger partial charge in [-0.3, -0.25) is 9.78 Å². The summed E-state index contributed by atoms with van der Waals surface area (Å²) >= 11 is 0. The molecule has 0 saturated carbocycles. The highest BCUT2D eigenvalue weighted by Gasteiger charge is 2.29. The largest absolute Gasteiger partial charge is 0.497 e. The fourth-order valence-electron chi connectivity index (χ4n) is 3.50. The fraction of sp³-hybridized carbons (Fsp3) is 0.217. The van der Waals surface area contributed by atoms with E-state index in [0.29, 0.717) is 19.6 Å². The molecule has 0 radical (unpaired) electrons. The Labute approximate surface area is 165 Å². The van der Waals surface area contributed by atoms with Crippen LogP contribution in [0.25, 0.3) is 0 Å². The molecule has 4 rings (SSSR count). The summed E-state index contributed by atoms with van der Waals surface area (Å²) in [5.74, 6) is 0.944. The van der Waals surface area contributed by atoms with Crippen LogP contribution in [0.15, 0.2) is 67.0 Å². The van der Waals surface area contributed by atoms with E-state index in [9.17, 15) is 4.79 Å². The maximum Gasteiger partial charge on any atom is 0.256 e. The van der Waals surface area contributed by atoms with Crippen LogP contribution in [-0.4, -0.2) is 29.4 Å². The lowest BCUT2D eigenvalue weighted by atomic mass is 10.1. The highest BCUT2D eigenvalue weighted by molar-refractivity contribution is 6.03. The summed E-state index contributed by atoms with van der Waals surface area (Å²) in [6.07, 6.45) is 4.38. The third kappa shape index (κ3) is 3.83. The number of hydrogen-bond acceptors (Lipinski definition) is 4. The molecule has 142 valence electrons. The van der Waals surface area contributed by atoms with Crippen LogP contribution in [-0.2, 0) is 19.5 Å². The molecule has 2 heterocycles. The molecule has 28 heavy (non-hydrogen) atoms. The number of nitrogens with zero attached hydrogens (tertiary/aromatic N) is 2. The normalized spacial score (nSPS) is 12.8. The Morgan fingerprint density at radius 3 is 2.57 bits per heavy atom. The number of carbonyl (C=O) groups is 1. The van der Waals surface area contributed by atoms with Gasteiger partial charge in [0, 0.05) is 37.7 Å². The minimum absolute atomic E-state index is 0.0985. The van der Waals surface area contributed by atoms with Gasteiger partial charge in [0.1, 0.15) is 5.75 Å². The zero-order valence-electron chi connectivity index (χ0n) is 15.9. The number of hydrogen-bond donors (Lipinski definition) is 1. The number of benzene rings is 2. The van der Waals surface area contributed by atoms with E-state index in [4.69, 9.17) is 4.74 Å². The Bertz CT molecular complexity index is 955. The number of methoxy groups -OCH3 is 1. The number of nitrogens with one attached hydrogen (secondary N) is 1. The van der Waals surface area contributed by atoms with Gasteiger partial charge in [0.2, 0.25) is 0 Å². The highest BCUT2D eigenvalue weighted by atomic mass is 16.5. The van der Waals surface area contributed by atoms with Crippen LogP contribution in [0.5, 0.6) is 5.75 Å². The van der Waals surface area contributed by atoms with E-state index in [1.807, 2.05) is 59.5 Å². The predicted molar refractivity (Wildman–Crippen MR) is 109 cm³/mol. The number of carbonyl (C=O) groups excluding carboxylic acids is 1. The van der Waals surface area contributed by atoms with Crippen molar-refractivity contribution in [1.82, 2.24) is 9.88 Å². The predicted octanol–water partition coefficient (Wildman–Crippen LogP) is 3.90. The van der Waals surface area contributed by atoms with E-state index < -0.39 is 0 Å². The number of aromatic nitrogens is 1. The molecule has 0 aliphatic carbocycles. The maximum atomic E-state index is 13.0. The molecular formula is C23H23N3O2. The fourth-order valence-corrected chi connectivity index (χ4v) is 3.50. The molecule has 1 N–H and O–H groups in total. The van der Waals surface area contributed by atoms with Crippen molar-refractivity contribution >= 4 is 11.6 Å². The first-order valence-corrected chi connectivity index (χ1v) is 9.41. The van der Waals surface area contributed by atoms with Crippen molar-refractivity contribution in [3.63, 3.8) is 0 Å². The molecule has 1 aliphatic rings. The lowest BCUT2D eigenvalue weighted by Gasteiger charge is -2.16. The van der Waals surface area contributed by atoms with Crippen molar-refractivity contribution in [2.75, 3.05) is 19.0 Å². The molecule has 0 unspecified atom stereocenters. The third-order valence-corrected chi connectivity index (χ3v) is 5.07. The third-order valence-electron chi connectivity index (χ3n) is 5.07. The van der Waals surface area contributed by atoms with E-state index >= 15 is 0 Å². The molecule has 0 spiro atoms. The van der Waals surface area contributed by atoms with Gasteiger partial charge >= 0.3 is 0 Å². The van der Waals surface area contributed by atoms with Gasteiger partial charge in [-0.15, -0.1) is 0 Å². The van der Waals surface area contributed by atoms with E-state index in [2.05, 4.69) is 10.3 Å². The number of anilines is 1. The van der Waals surface area contributed by atoms with Crippen molar-refractivity contribution in [3.05, 3.63) is 89.2 Å². The van der Waals surface area contributed by atoms with Crippen molar-refractivity contribution in [2.45, 2.75) is 19.5 Å². The second-order valence-corrected chi connectivity index (χ2v) is 6.87. The van der Waals surface area contributed by atoms with Crippen molar-refractivity contribution < 1.29 is 9.53 Å². The SMILES string of the molecule is COc1ccc(CCN2Cc3cccc(NCc4ccncc4)c3C2=O)cc1. The maximum absolute atomic E-state index is 13.0. The molecule has 0 fully saturated rings. The van der Waals surface area contributed by atoms with Crippen LogP contribution in [0, 0.1) is 0 Å². The number of ether oxygens (including phenoxy) is 1. The minimum atomic E-state index is 0.0985. The highest BCUT2D eigenvalue weighted by Crippen LogP contribution is 2.30. The van der Waals surface area contributed by atoms with Crippen molar-refractivity contribution in [1.29, 1.82) is 0 Å². The van der Waals surface area contributed by atoms with Gasteiger partial charge in [0.05, 0.1) is 12.7 Å². The molecule has 2 aromatic carbocycles. The summed E-state index contributed by atoms with van der Waals surface area (Å²) in [6.45, 7) is 2.02. The summed E-state index contributed by atoms with van der Waals surface area (Å²) in [5.41, 5.74) is 5.10. The summed E-state index contributed by atoms with van der Waals surface area (Å²) in [4.78, 5) is 19.0. The molecule has 0 atom stereocenters. The Kier molecular flexibility index (Phi) is 5.24. The molecule has 3 aromatic rings. The molecule has 1 amide bonds. The van der Waals surface area contributed by atoms with E-state index in [1.54, 1.807) is 19.5 Å². The van der Waals surface area contributed by atoms with E-state index in [0.717, 1.165) is 34.5 Å². The molecule has 1 aliphatic heterocycles. The molecular weight excluding hydrogens is 350 g/mol. The number of fused-ring (bicyclic) bond motifs is 1. The summed E-state index contributed by atoms with van der Waals surface area (Å²) in [6, 6.07) is 18.0. The van der Waals surface area contributed by atoms with E-state index in [-0.39, 0.29) is 5.91 Å². The molecule has 5 nitrogen and oxygen atoms in total. The lowest BCUT2D eigenvalue weighted by Crippen LogP contribution is -2.26. The van der Waals surface area contributed by atoms with Crippen molar-refractivity contribution in [3.8, 4) is 5.75 Å². The van der Waals surface area contributed by atoms with E-state index in [1.165, 1.54) is 5.56 Å². The minimum Gasteiger partial charge on any atom is -0.497 e. The van der Waals surface area contributed by atoms with Crippen molar-refractivity contribution in [2.24, 2.45) is 0 Å². The second kappa shape index (κ2) is 8.13. The van der Waals surface area contributed by atoms with Gasteiger partial charge in [-0.05, 0) is 53.4 Å². The van der Waals surface area contributed by atoms with Crippen LogP contribution >= 0.6 is 0 Å². The van der Waals surface area contributed by atoms with Crippen LogP contribution < -0.4 is 10.1 Å². The van der Waals surface area contributed by atoms with Gasteiger partial charge in [-0.25, -0.2) is 0 Å². The summed E-state index contributed by atoms with van der Waals surface area (Å²) < 4.78 is 5.20. The van der Waals surface area contributed by atoms with Gasteiger partial charge < -0.3 is 15.0 Å². The molecule has 0 bridgehead atoms. The van der Waals surface area contributed by atoms with Gasteiger partial charge in [-0.2, -0.15) is 0 Å². The average molecular weight is 373 g/mol. The van der Waals surface area contributed by atoms with Crippen LogP contribution in [0.3, 0.4) is 0 Å². The molecule has 5 heteroatoms. The van der Waals surface area contributed by atoms with Crippen LogP contribution in [0.2, 0.25) is 0 Å². The zero-order valence-corrected chi connectivity index (χ0v) is 15.9. The Hall–Kier alpha value is -3.34. The Balaban J connectivity index is 1.42. The Morgan fingerprint density at radius 1 is 1.04 bits per heavy atom. The number of pyridine rings is 1. The topological polar surface area (TPSA) is 54.5 Å². The standard InChI is InChI=1S/C23H23N3O2/c1-28-20-7-5-17(6-8-20)11-14-26-16-19-3-2-4-21(22(19)23(26)27)25-15-18-9-12-24-13-10-18/h2-10,12-13,25H,11,14-16H2,1H3. The van der Waals surface area contributed by atoms with Gasteiger partial charge in [0.15, 0.2) is 0 Å². The Morgan fingerprint density at radius 2 is 1.82 bits per heavy atom. The monoisotopic (exact) mass is 373 g/mol. The first-order valence-electron chi connectivity index (χ1n) is 9.41.